The third-order valence-corrected chi connectivity index (χ3v) is 19.7. The molecule has 0 radical (unpaired) electrons. The van der Waals surface area contributed by atoms with Gasteiger partial charge in [-0.05, 0) is 88.9 Å². The Hall–Kier alpha value is -2.71. The maximum absolute atomic E-state index is 13.6. The van der Waals surface area contributed by atoms with E-state index in [1.165, 1.54) is 141 Å². The van der Waals surface area contributed by atoms with Crippen molar-refractivity contribution in [3.8, 4) is 0 Å². The zero-order valence-electron chi connectivity index (χ0n) is 60.1. The van der Waals surface area contributed by atoms with Crippen molar-refractivity contribution in [1.82, 2.24) is 0 Å². The normalized spacial score (nSPS) is 28.6. The summed E-state index contributed by atoms with van der Waals surface area (Å²) in [6, 6.07) is 0. The summed E-state index contributed by atoms with van der Waals surface area (Å²) in [6.07, 6.45) is 27.1. The molecule has 0 spiro atoms. The van der Waals surface area contributed by atoms with Crippen molar-refractivity contribution in [2.45, 2.75) is 395 Å². The first-order chi connectivity index (χ1) is 47.1. The SMILES string of the molecule is CCCCCCCC/C=C\CCCCCCCC(=O)OC[C@H]1O[C@H](OC[C@@H](COC(=O)CCCCCCCC2CC2CCCCCCCC)OC(=O)CCCCCCC/C=C\CCCCCCCC)[C@H](O[C@H]2O[C@H](CO[C@@H]3O[C@H](CO)[C@@H](O)[C@H](O)[C@H]3O)[C@H](O)[C@H](O)[C@H]2O)[C@@H](O)[C@@H]1O. The number of hydrogen-bond acceptors (Lipinski definition) is 21. The molecule has 9 N–H and O–H groups in total. The van der Waals surface area contributed by atoms with E-state index in [1.54, 1.807) is 0 Å². The molecule has 4 fully saturated rings. The lowest BCUT2D eigenvalue weighted by Crippen LogP contribution is -2.65. The van der Waals surface area contributed by atoms with Crippen LogP contribution < -0.4 is 0 Å². The zero-order valence-corrected chi connectivity index (χ0v) is 60.1. The molecular formula is C76H136O21. The lowest BCUT2D eigenvalue weighted by molar-refractivity contribution is -0.373. The van der Waals surface area contributed by atoms with Gasteiger partial charge in [0.15, 0.2) is 25.0 Å². The van der Waals surface area contributed by atoms with Crippen LogP contribution >= 0.6 is 0 Å². The van der Waals surface area contributed by atoms with Crippen LogP contribution in [0.25, 0.3) is 0 Å². The Balaban J connectivity index is 1.38. The molecule has 97 heavy (non-hydrogen) atoms. The molecular weight excluding hydrogens is 1250 g/mol. The first-order valence-corrected chi connectivity index (χ1v) is 38.8. The lowest BCUT2D eigenvalue weighted by atomic mass is 9.97. The standard InChI is InChI=1S/C76H136O21/c1-4-7-10-13-16-18-20-22-24-26-28-30-32-37-42-48-63(79)90-54-60-67(83)70(86)73(97-75-72(88)69(85)66(82)61(95-75)55-92-74-71(87)68(84)65(81)59(51-77)94-74)76(96-60)91-53-58(93-64(80)49-44-38-33-31-29-27-25-23-21-19-17-14-11-8-5-2)52-89-62(78)47-43-39-34-36-41-46-57-50-56(57)45-40-35-15-12-9-6-3/h22-25,56-61,65-77,81-88H,4-21,26-55H2,1-3H3/b24-22-,25-23-/t56?,57?,58-,59-,60-,61-,65-,66+,67-,68+,69+,70+,71-,72-,73-,74-,75-,76+/m1/s1. The highest BCUT2D eigenvalue weighted by atomic mass is 16.8. The highest BCUT2D eigenvalue weighted by Crippen LogP contribution is 2.46. The van der Waals surface area contributed by atoms with Gasteiger partial charge in [-0.2, -0.15) is 0 Å². The number of allylic oxidation sites excluding steroid dienone is 4. The maximum atomic E-state index is 13.6. The number of carbonyl (C=O) groups excluding carboxylic acids is 3. The summed E-state index contributed by atoms with van der Waals surface area (Å²) in [5.74, 6) is 0.157. The Labute approximate surface area is 582 Å². The van der Waals surface area contributed by atoms with Crippen LogP contribution in [0, 0.1) is 11.8 Å². The molecule has 566 valence electrons. The van der Waals surface area contributed by atoms with Gasteiger partial charge in [0.25, 0.3) is 0 Å². The van der Waals surface area contributed by atoms with Gasteiger partial charge >= 0.3 is 17.9 Å². The minimum atomic E-state index is -2.02. The maximum Gasteiger partial charge on any atom is 0.306 e. The number of hydrogen-bond donors (Lipinski definition) is 9. The van der Waals surface area contributed by atoms with Gasteiger partial charge in [-0.1, -0.05) is 225 Å². The highest BCUT2D eigenvalue weighted by molar-refractivity contribution is 5.70. The van der Waals surface area contributed by atoms with E-state index in [0.29, 0.717) is 19.3 Å². The van der Waals surface area contributed by atoms with Crippen molar-refractivity contribution < 1.29 is 103 Å². The van der Waals surface area contributed by atoms with Crippen LogP contribution in [-0.4, -0.2) is 195 Å². The Morgan fingerprint density at radius 3 is 1.25 bits per heavy atom. The molecule has 1 saturated carbocycles. The Kier molecular flexibility index (Phi) is 48.3. The summed E-state index contributed by atoms with van der Waals surface area (Å²) in [7, 11) is 0. The molecule has 3 saturated heterocycles. The monoisotopic (exact) mass is 1380 g/mol. The number of rotatable bonds is 59. The number of ether oxygens (including phenoxy) is 9. The second-order valence-electron chi connectivity index (χ2n) is 28.3. The fraction of sp³-hybridized carbons (Fsp3) is 0.908. The average Bonchev–Trinajstić information content (AvgIpc) is 1.32. The average molecular weight is 1390 g/mol. The fourth-order valence-corrected chi connectivity index (χ4v) is 13.2. The summed E-state index contributed by atoms with van der Waals surface area (Å²) in [6.45, 7) is 3.84. The number of carbonyl (C=O) groups is 3. The topological polar surface area (TPSA) is 316 Å². The molecule has 18 atom stereocenters. The highest BCUT2D eigenvalue weighted by Gasteiger charge is 2.52. The van der Waals surface area contributed by atoms with E-state index in [1.807, 2.05) is 0 Å². The van der Waals surface area contributed by atoms with E-state index in [9.17, 15) is 60.3 Å². The van der Waals surface area contributed by atoms with Crippen molar-refractivity contribution in [3.05, 3.63) is 24.3 Å². The second-order valence-corrected chi connectivity index (χ2v) is 28.3. The third kappa shape index (κ3) is 36.8. The van der Waals surface area contributed by atoms with Gasteiger partial charge in [-0.25, -0.2) is 0 Å². The van der Waals surface area contributed by atoms with Gasteiger partial charge in [-0.15, -0.1) is 0 Å². The Bertz CT molecular complexity index is 2030. The molecule has 21 heteroatoms. The van der Waals surface area contributed by atoms with E-state index in [2.05, 4.69) is 45.1 Å². The van der Waals surface area contributed by atoms with Gasteiger partial charge in [0.05, 0.1) is 19.8 Å². The molecule has 0 amide bonds. The minimum Gasteiger partial charge on any atom is -0.463 e. The van der Waals surface area contributed by atoms with Crippen molar-refractivity contribution in [3.63, 3.8) is 0 Å². The van der Waals surface area contributed by atoms with Crippen molar-refractivity contribution in [2.24, 2.45) is 11.8 Å². The van der Waals surface area contributed by atoms with Gasteiger partial charge in [-0.3, -0.25) is 14.4 Å². The van der Waals surface area contributed by atoms with E-state index in [0.717, 1.165) is 108 Å². The minimum absolute atomic E-state index is 0.0799. The molecule has 4 rings (SSSR count). The van der Waals surface area contributed by atoms with Crippen molar-refractivity contribution in [1.29, 1.82) is 0 Å². The van der Waals surface area contributed by atoms with E-state index >= 15 is 0 Å². The van der Waals surface area contributed by atoms with E-state index in [4.69, 9.17) is 42.6 Å². The lowest BCUT2D eigenvalue weighted by Gasteiger charge is -2.46. The quantitative estimate of drug-likeness (QED) is 0.0118. The predicted octanol–water partition coefficient (Wildman–Crippen LogP) is 11.6. The number of aliphatic hydroxyl groups is 9. The van der Waals surface area contributed by atoms with Crippen LogP contribution in [0.5, 0.6) is 0 Å². The largest absolute Gasteiger partial charge is 0.463 e. The molecule has 21 nitrogen and oxygen atoms in total. The van der Waals surface area contributed by atoms with Gasteiger partial charge < -0.3 is 88.6 Å². The van der Waals surface area contributed by atoms with Crippen molar-refractivity contribution >= 4 is 17.9 Å². The third-order valence-electron chi connectivity index (χ3n) is 19.7. The van der Waals surface area contributed by atoms with E-state index < -0.39 is 149 Å². The summed E-state index contributed by atoms with van der Waals surface area (Å²) in [5, 5.41) is 97.8. The van der Waals surface area contributed by atoms with Crippen LogP contribution in [0.4, 0.5) is 0 Å². The van der Waals surface area contributed by atoms with E-state index in [-0.39, 0.29) is 19.3 Å². The molecule has 0 aromatic rings. The molecule has 2 unspecified atom stereocenters. The zero-order chi connectivity index (χ0) is 70.3. The fourth-order valence-electron chi connectivity index (χ4n) is 13.2. The van der Waals surface area contributed by atoms with Gasteiger partial charge in [0.2, 0.25) is 0 Å². The van der Waals surface area contributed by atoms with Crippen LogP contribution in [-0.2, 0) is 57.0 Å². The first kappa shape index (κ1) is 86.7. The summed E-state index contributed by atoms with van der Waals surface area (Å²) in [5.41, 5.74) is 0. The molecule has 3 heterocycles. The molecule has 0 aromatic carbocycles. The Morgan fingerprint density at radius 1 is 0.381 bits per heavy atom. The summed E-state index contributed by atoms with van der Waals surface area (Å²) < 4.78 is 52.7. The molecule has 1 aliphatic carbocycles. The predicted molar refractivity (Wildman–Crippen MR) is 371 cm³/mol. The van der Waals surface area contributed by atoms with Crippen LogP contribution in [0.2, 0.25) is 0 Å². The van der Waals surface area contributed by atoms with Crippen LogP contribution in [0.3, 0.4) is 0 Å². The molecule has 3 aliphatic heterocycles. The van der Waals surface area contributed by atoms with Crippen LogP contribution in [0.15, 0.2) is 24.3 Å². The van der Waals surface area contributed by atoms with Gasteiger partial charge in [0, 0.05) is 19.3 Å². The molecule has 4 aliphatic rings. The summed E-state index contributed by atoms with van der Waals surface area (Å²) in [4.78, 5) is 40.0. The number of aliphatic hydroxyl groups excluding tert-OH is 9. The Morgan fingerprint density at radius 2 is 0.763 bits per heavy atom. The van der Waals surface area contributed by atoms with Crippen LogP contribution in [0.1, 0.15) is 297 Å². The molecule has 0 aromatic heterocycles. The molecule has 0 bridgehead atoms. The first-order valence-electron chi connectivity index (χ1n) is 38.8. The van der Waals surface area contributed by atoms with Gasteiger partial charge in [0.1, 0.15) is 86.5 Å². The number of unbranched alkanes of at least 4 members (excludes halogenated alkanes) is 31. The summed E-state index contributed by atoms with van der Waals surface area (Å²) >= 11 is 0. The van der Waals surface area contributed by atoms with Crippen molar-refractivity contribution in [2.75, 3.05) is 33.0 Å². The number of esters is 3. The smallest absolute Gasteiger partial charge is 0.306 e. The second kappa shape index (κ2) is 54.0.